The van der Waals surface area contributed by atoms with Crippen molar-refractivity contribution in [3.05, 3.63) is 70.8 Å². The average Bonchev–Trinajstić information content (AvgIpc) is 3.14. The number of benzene rings is 1. The lowest BCUT2D eigenvalue weighted by molar-refractivity contribution is 0.102. The summed E-state index contributed by atoms with van der Waals surface area (Å²) in [7, 11) is -3.88. The fourth-order valence-electron chi connectivity index (χ4n) is 2.91. The normalized spacial score (nSPS) is 11.5. The molecule has 0 radical (unpaired) electrons. The number of aryl methyl sites for hydroxylation is 2. The molecule has 12 heteroatoms. The minimum Gasteiger partial charge on any atom is -0.322 e. The van der Waals surface area contributed by atoms with Crippen LogP contribution in [-0.2, 0) is 10.0 Å². The van der Waals surface area contributed by atoms with E-state index in [-0.39, 0.29) is 15.9 Å². The summed E-state index contributed by atoms with van der Waals surface area (Å²) in [6.07, 6.45) is 1.44. The highest BCUT2D eigenvalue weighted by atomic mass is 35.5. The molecule has 0 saturated carbocycles. The smallest absolute Gasteiger partial charge is 0.263 e. The predicted molar refractivity (Wildman–Crippen MR) is 115 cm³/mol. The van der Waals surface area contributed by atoms with Gasteiger partial charge in [0.2, 0.25) is 0 Å². The van der Waals surface area contributed by atoms with Crippen LogP contribution in [0.25, 0.3) is 5.65 Å². The van der Waals surface area contributed by atoms with Crippen molar-refractivity contribution in [3.63, 3.8) is 0 Å². The summed E-state index contributed by atoms with van der Waals surface area (Å²) in [5.74, 6) is -0.370. The highest BCUT2D eigenvalue weighted by Crippen LogP contribution is 2.19. The van der Waals surface area contributed by atoms with Crippen LogP contribution in [-0.4, -0.2) is 39.1 Å². The minimum atomic E-state index is -3.88. The second-order valence-electron chi connectivity index (χ2n) is 6.66. The summed E-state index contributed by atoms with van der Waals surface area (Å²) in [6.45, 7) is 3.71. The Kier molecular flexibility index (Phi) is 5.29. The van der Waals surface area contributed by atoms with Gasteiger partial charge in [-0.2, -0.15) is 5.10 Å². The van der Waals surface area contributed by atoms with E-state index in [1.54, 1.807) is 4.52 Å². The number of amides is 1. The second-order valence-corrected chi connectivity index (χ2v) is 8.73. The third-order valence-corrected chi connectivity index (χ3v) is 5.89. The predicted octanol–water partition coefficient (Wildman–Crippen LogP) is 2.84. The van der Waals surface area contributed by atoms with Gasteiger partial charge in [0.1, 0.15) is 5.56 Å². The highest BCUT2D eigenvalue weighted by molar-refractivity contribution is 7.92. The first-order chi connectivity index (χ1) is 14.7. The molecule has 0 saturated heterocycles. The van der Waals surface area contributed by atoms with E-state index in [0.717, 1.165) is 11.4 Å². The van der Waals surface area contributed by atoms with Crippen LogP contribution in [0.3, 0.4) is 0 Å². The van der Waals surface area contributed by atoms with E-state index in [4.69, 9.17) is 11.6 Å². The lowest BCUT2D eigenvalue weighted by atomic mass is 10.2. The topological polar surface area (TPSA) is 131 Å². The number of aromatic nitrogens is 5. The summed E-state index contributed by atoms with van der Waals surface area (Å²) in [5.41, 5.74) is 2.80. The molecule has 158 valence electrons. The van der Waals surface area contributed by atoms with Gasteiger partial charge in [0, 0.05) is 17.1 Å². The van der Waals surface area contributed by atoms with Crippen LogP contribution in [0.5, 0.6) is 0 Å². The van der Waals surface area contributed by atoms with Crippen molar-refractivity contribution in [3.8, 4) is 0 Å². The average molecular weight is 458 g/mol. The lowest BCUT2D eigenvalue weighted by Crippen LogP contribution is -2.15. The maximum atomic E-state index is 12.7. The van der Waals surface area contributed by atoms with Crippen molar-refractivity contribution < 1.29 is 13.2 Å². The Balaban J connectivity index is 1.52. The molecule has 3 heterocycles. The number of carbonyl (C=O) groups excluding carboxylic acids is 1. The molecule has 3 aromatic heterocycles. The molecule has 0 aliphatic heterocycles. The maximum absolute atomic E-state index is 12.7. The molecule has 4 aromatic rings. The van der Waals surface area contributed by atoms with Gasteiger partial charge < -0.3 is 5.32 Å². The van der Waals surface area contributed by atoms with Gasteiger partial charge in [-0.05, 0) is 56.3 Å². The number of fused-ring (bicyclic) bond motifs is 1. The van der Waals surface area contributed by atoms with Gasteiger partial charge in [0.15, 0.2) is 16.6 Å². The molecule has 0 fully saturated rings. The fraction of sp³-hybridized carbons (Fsp3) is 0.105. The van der Waals surface area contributed by atoms with Gasteiger partial charge in [0.25, 0.3) is 15.9 Å². The molecule has 4 rings (SSSR count). The lowest BCUT2D eigenvalue weighted by Gasteiger charge is -2.08. The molecular weight excluding hydrogens is 442 g/mol. The number of hydrogen-bond donors (Lipinski definition) is 2. The molecule has 0 unspecified atom stereocenters. The molecule has 1 aromatic carbocycles. The summed E-state index contributed by atoms with van der Waals surface area (Å²) < 4.78 is 28.9. The van der Waals surface area contributed by atoms with Crippen molar-refractivity contribution in [2.24, 2.45) is 0 Å². The summed E-state index contributed by atoms with van der Waals surface area (Å²) in [4.78, 5) is 17.1. The molecule has 0 atom stereocenters. The number of hydrogen-bond acceptors (Lipinski definition) is 7. The third kappa shape index (κ3) is 4.32. The number of nitrogens with zero attached hydrogens (tertiary/aromatic N) is 5. The van der Waals surface area contributed by atoms with E-state index in [9.17, 15) is 13.2 Å². The summed E-state index contributed by atoms with van der Waals surface area (Å²) in [5, 5.41) is 14.3. The van der Waals surface area contributed by atoms with Gasteiger partial charge in [-0.1, -0.05) is 11.6 Å². The SMILES string of the molecule is Cc1cc(C)n2ncc(C(=O)Nc3ccc(S(=O)(=O)Nc4ccc(Cl)nn4)cc3)c2n1. The molecule has 10 nitrogen and oxygen atoms in total. The van der Waals surface area contributed by atoms with Gasteiger partial charge in [-0.15, -0.1) is 10.2 Å². The summed E-state index contributed by atoms with van der Waals surface area (Å²) in [6, 6.07) is 10.4. The number of rotatable bonds is 5. The van der Waals surface area contributed by atoms with Gasteiger partial charge >= 0.3 is 0 Å². The van der Waals surface area contributed by atoms with E-state index < -0.39 is 15.9 Å². The highest BCUT2D eigenvalue weighted by Gasteiger charge is 2.18. The first-order valence-corrected chi connectivity index (χ1v) is 10.8. The second kappa shape index (κ2) is 7.93. The number of nitrogens with one attached hydrogen (secondary N) is 2. The Morgan fingerprint density at radius 1 is 1.06 bits per heavy atom. The first-order valence-electron chi connectivity index (χ1n) is 8.98. The molecule has 2 N–H and O–H groups in total. The van der Waals surface area contributed by atoms with Crippen LogP contribution in [0.15, 0.2) is 53.6 Å². The van der Waals surface area contributed by atoms with Crippen LogP contribution in [0.4, 0.5) is 11.5 Å². The molecule has 31 heavy (non-hydrogen) atoms. The first kappa shape index (κ1) is 20.7. The largest absolute Gasteiger partial charge is 0.322 e. The van der Waals surface area contributed by atoms with Crippen LogP contribution in [0.1, 0.15) is 21.7 Å². The summed E-state index contributed by atoms with van der Waals surface area (Å²) >= 11 is 5.65. The van der Waals surface area contributed by atoms with Crippen molar-refractivity contribution in [2.45, 2.75) is 18.7 Å². The maximum Gasteiger partial charge on any atom is 0.263 e. The van der Waals surface area contributed by atoms with E-state index in [2.05, 4.69) is 30.3 Å². The number of carbonyl (C=O) groups is 1. The minimum absolute atomic E-state index is 0.00820. The Bertz CT molecular complexity index is 1380. The van der Waals surface area contributed by atoms with Crippen molar-refractivity contribution >= 4 is 44.7 Å². The molecule has 1 amide bonds. The van der Waals surface area contributed by atoms with Crippen LogP contribution in [0, 0.1) is 13.8 Å². The van der Waals surface area contributed by atoms with Gasteiger partial charge in [0.05, 0.1) is 11.1 Å². The van der Waals surface area contributed by atoms with E-state index in [0.29, 0.717) is 16.9 Å². The van der Waals surface area contributed by atoms with E-state index >= 15 is 0 Å². The van der Waals surface area contributed by atoms with E-state index in [1.807, 2.05) is 19.9 Å². The zero-order valence-electron chi connectivity index (χ0n) is 16.4. The van der Waals surface area contributed by atoms with Crippen LogP contribution < -0.4 is 10.0 Å². The Morgan fingerprint density at radius 2 is 1.81 bits per heavy atom. The zero-order chi connectivity index (χ0) is 22.2. The van der Waals surface area contributed by atoms with Crippen LogP contribution in [0.2, 0.25) is 5.15 Å². The van der Waals surface area contributed by atoms with Gasteiger partial charge in [-0.25, -0.2) is 17.9 Å². The number of sulfonamides is 1. The standard InChI is InChI=1S/C19H16ClN7O3S/c1-11-9-12(2)27-18(22-11)15(10-21-27)19(28)23-13-3-5-14(6-4-13)31(29,30)26-17-8-7-16(20)24-25-17/h3-10H,1-2H3,(H,23,28)(H,25,26). The Labute approximate surface area is 182 Å². The monoisotopic (exact) mass is 457 g/mol. The molecule has 0 spiro atoms. The van der Waals surface area contributed by atoms with Crippen molar-refractivity contribution in [2.75, 3.05) is 10.0 Å². The molecule has 0 bridgehead atoms. The fourth-order valence-corrected chi connectivity index (χ4v) is 4.01. The van der Waals surface area contributed by atoms with Crippen molar-refractivity contribution in [1.29, 1.82) is 0 Å². The molecular formula is C19H16ClN7O3S. The van der Waals surface area contributed by atoms with E-state index in [1.165, 1.54) is 42.6 Å². The number of halogens is 1. The van der Waals surface area contributed by atoms with Gasteiger partial charge in [-0.3, -0.25) is 9.52 Å². The Hall–Kier alpha value is -3.57. The van der Waals surface area contributed by atoms with Crippen LogP contribution >= 0.6 is 11.6 Å². The quantitative estimate of drug-likeness (QED) is 0.471. The Morgan fingerprint density at radius 3 is 2.48 bits per heavy atom. The number of anilines is 2. The van der Waals surface area contributed by atoms with Crippen molar-refractivity contribution in [1.82, 2.24) is 24.8 Å². The third-order valence-electron chi connectivity index (χ3n) is 4.32. The zero-order valence-corrected chi connectivity index (χ0v) is 17.9. The molecule has 0 aliphatic carbocycles. The molecule has 0 aliphatic rings.